The summed E-state index contributed by atoms with van der Waals surface area (Å²) in [6.07, 6.45) is 3.40. The van der Waals surface area contributed by atoms with Crippen LogP contribution >= 0.6 is 0 Å². The molecule has 0 aliphatic heterocycles. The van der Waals surface area contributed by atoms with Crippen LogP contribution in [0.3, 0.4) is 0 Å². The van der Waals surface area contributed by atoms with Crippen LogP contribution in [-0.4, -0.2) is 30.0 Å². The Kier molecular flexibility index (Phi) is 6.53. The van der Waals surface area contributed by atoms with Gasteiger partial charge in [-0.3, -0.25) is 25.2 Å². The number of benzene rings is 1. The first kappa shape index (κ1) is 21.9. The number of furan rings is 2. The summed E-state index contributed by atoms with van der Waals surface area (Å²) in [4.78, 5) is 36.7. The van der Waals surface area contributed by atoms with Crippen molar-refractivity contribution in [2.24, 2.45) is 5.10 Å². The van der Waals surface area contributed by atoms with Gasteiger partial charge in [-0.15, -0.1) is 0 Å². The molecule has 0 fully saturated rings. The number of amides is 3. The van der Waals surface area contributed by atoms with Crippen molar-refractivity contribution in [2.75, 3.05) is 6.61 Å². The average Bonchev–Trinajstić information content (AvgIpc) is 3.49. The molecule has 4 rings (SSSR count). The lowest BCUT2D eigenvalue weighted by Gasteiger charge is -2.13. The SMILES string of the molecule is Cc1c(C(=O)NNC(=O)COc2ccccc2)oc2c1/C(=N/NC(=O)c1ccco1)CCC2. The number of ether oxygens (including phenoxy) is 1. The zero-order valence-corrected chi connectivity index (χ0v) is 17.8. The smallest absolute Gasteiger partial charge is 0.307 e. The van der Waals surface area contributed by atoms with Crippen LogP contribution in [0.2, 0.25) is 0 Å². The number of hydrogen-bond acceptors (Lipinski definition) is 7. The van der Waals surface area contributed by atoms with Crippen molar-refractivity contribution in [3.63, 3.8) is 0 Å². The third kappa shape index (κ3) is 5.12. The Labute approximate surface area is 188 Å². The number of hydrogen-bond donors (Lipinski definition) is 3. The number of rotatable bonds is 6. The Balaban J connectivity index is 1.39. The molecule has 0 atom stereocenters. The molecule has 10 nitrogen and oxygen atoms in total. The second-order valence-corrected chi connectivity index (χ2v) is 7.29. The highest BCUT2D eigenvalue weighted by molar-refractivity contribution is 6.07. The van der Waals surface area contributed by atoms with Gasteiger partial charge in [-0.2, -0.15) is 5.10 Å². The van der Waals surface area contributed by atoms with Gasteiger partial charge in [-0.25, -0.2) is 5.43 Å². The van der Waals surface area contributed by atoms with E-state index in [1.807, 2.05) is 6.07 Å². The van der Waals surface area contributed by atoms with Gasteiger partial charge < -0.3 is 13.6 Å². The number of carbonyl (C=O) groups excluding carboxylic acids is 3. The van der Waals surface area contributed by atoms with Crippen molar-refractivity contribution in [3.05, 3.63) is 77.1 Å². The summed E-state index contributed by atoms with van der Waals surface area (Å²) in [5.41, 5.74) is 8.98. The summed E-state index contributed by atoms with van der Waals surface area (Å²) in [5.74, 6) is -0.243. The van der Waals surface area contributed by atoms with Gasteiger partial charge in [0.15, 0.2) is 18.1 Å². The first-order valence-electron chi connectivity index (χ1n) is 10.3. The Morgan fingerprint density at radius 3 is 2.61 bits per heavy atom. The quantitative estimate of drug-likeness (QED) is 0.494. The molecule has 2 aromatic heterocycles. The van der Waals surface area contributed by atoms with E-state index >= 15 is 0 Å². The fourth-order valence-electron chi connectivity index (χ4n) is 3.46. The van der Waals surface area contributed by atoms with Crippen LogP contribution < -0.4 is 21.0 Å². The number of aryl methyl sites for hydroxylation is 1. The first-order chi connectivity index (χ1) is 16.0. The fraction of sp³-hybridized carbons (Fsp3) is 0.217. The molecular formula is C23H22N4O6. The summed E-state index contributed by atoms with van der Waals surface area (Å²) < 4.78 is 16.2. The molecule has 3 aromatic rings. The lowest BCUT2D eigenvalue weighted by atomic mass is 9.93. The Bertz CT molecular complexity index is 1180. The highest BCUT2D eigenvalue weighted by atomic mass is 16.5. The van der Waals surface area contributed by atoms with E-state index < -0.39 is 17.7 Å². The van der Waals surface area contributed by atoms with Gasteiger partial charge in [0.25, 0.3) is 5.91 Å². The van der Waals surface area contributed by atoms with E-state index in [1.54, 1.807) is 37.3 Å². The minimum atomic E-state index is -0.603. The molecule has 1 aliphatic carbocycles. The molecule has 33 heavy (non-hydrogen) atoms. The Morgan fingerprint density at radius 1 is 1.03 bits per heavy atom. The van der Waals surface area contributed by atoms with Gasteiger partial charge in [-0.05, 0) is 44.0 Å². The second-order valence-electron chi connectivity index (χ2n) is 7.29. The molecule has 0 bridgehead atoms. The van der Waals surface area contributed by atoms with Gasteiger partial charge in [0, 0.05) is 17.5 Å². The summed E-state index contributed by atoms with van der Waals surface area (Å²) >= 11 is 0. The molecule has 3 N–H and O–H groups in total. The van der Waals surface area contributed by atoms with Crippen LogP contribution in [0, 0.1) is 6.92 Å². The number of nitrogens with one attached hydrogen (secondary N) is 3. The predicted molar refractivity (Wildman–Crippen MR) is 117 cm³/mol. The maximum Gasteiger partial charge on any atom is 0.307 e. The summed E-state index contributed by atoms with van der Waals surface area (Å²) in [6, 6.07) is 12.0. The first-order valence-corrected chi connectivity index (χ1v) is 10.3. The minimum absolute atomic E-state index is 0.0660. The normalized spacial score (nSPS) is 13.8. The molecule has 0 unspecified atom stereocenters. The van der Waals surface area contributed by atoms with Gasteiger partial charge in [0.1, 0.15) is 11.5 Å². The third-order valence-corrected chi connectivity index (χ3v) is 5.00. The van der Waals surface area contributed by atoms with E-state index in [9.17, 15) is 14.4 Å². The van der Waals surface area contributed by atoms with E-state index in [-0.39, 0.29) is 18.1 Å². The summed E-state index contributed by atoms with van der Waals surface area (Å²) in [6.45, 7) is 1.47. The number of nitrogens with zero attached hydrogens (tertiary/aromatic N) is 1. The monoisotopic (exact) mass is 450 g/mol. The molecule has 1 aliphatic rings. The summed E-state index contributed by atoms with van der Waals surface area (Å²) in [7, 11) is 0. The van der Waals surface area contributed by atoms with Gasteiger partial charge in [0.2, 0.25) is 0 Å². The molecule has 170 valence electrons. The number of fused-ring (bicyclic) bond motifs is 1. The van der Waals surface area contributed by atoms with E-state index in [0.717, 1.165) is 6.42 Å². The second kappa shape index (κ2) is 9.86. The van der Waals surface area contributed by atoms with Crippen molar-refractivity contribution in [1.82, 2.24) is 16.3 Å². The number of hydrazine groups is 1. The topological polar surface area (TPSA) is 135 Å². The van der Waals surface area contributed by atoms with Crippen LogP contribution in [0.5, 0.6) is 5.75 Å². The van der Waals surface area contributed by atoms with E-state index in [1.165, 1.54) is 12.3 Å². The molecule has 0 saturated heterocycles. The van der Waals surface area contributed by atoms with E-state index in [0.29, 0.717) is 41.2 Å². The molecule has 10 heteroatoms. The van der Waals surface area contributed by atoms with Gasteiger partial charge in [-0.1, -0.05) is 18.2 Å². The zero-order valence-electron chi connectivity index (χ0n) is 17.8. The van der Waals surface area contributed by atoms with Crippen LogP contribution in [0.1, 0.15) is 50.8 Å². The number of hydrazone groups is 1. The number of carbonyl (C=O) groups is 3. The molecule has 0 radical (unpaired) electrons. The molecule has 0 spiro atoms. The van der Waals surface area contributed by atoms with Crippen LogP contribution in [0.25, 0.3) is 0 Å². The van der Waals surface area contributed by atoms with Gasteiger partial charge >= 0.3 is 11.8 Å². The van der Waals surface area contributed by atoms with Crippen molar-refractivity contribution in [3.8, 4) is 5.75 Å². The maximum absolute atomic E-state index is 12.6. The van der Waals surface area contributed by atoms with Crippen molar-refractivity contribution < 1.29 is 28.0 Å². The maximum atomic E-state index is 12.6. The lowest BCUT2D eigenvalue weighted by Crippen LogP contribution is -2.43. The minimum Gasteiger partial charge on any atom is -0.484 e. The Morgan fingerprint density at radius 2 is 1.85 bits per heavy atom. The number of para-hydroxylation sites is 1. The predicted octanol–water partition coefficient (Wildman–Crippen LogP) is 2.49. The average molecular weight is 450 g/mol. The molecular weight excluding hydrogens is 428 g/mol. The molecule has 1 aromatic carbocycles. The lowest BCUT2D eigenvalue weighted by molar-refractivity contribution is -0.123. The van der Waals surface area contributed by atoms with E-state index in [2.05, 4.69) is 21.4 Å². The zero-order chi connectivity index (χ0) is 23.2. The standard InChI is InChI=1S/C23H22N4O6/c1-14-20-16(24-26-22(29)18-11-6-12-31-18)9-5-10-17(20)33-21(14)23(30)27-25-19(28)13-32-15-7-3-2-4-8-15/h2-4,6-8,11-12H,5,9-10,13H2,1H3,(H,25,28)(H,26,29)(H,27,30)/b24-16+. The third-order valence-electron chi connectivity index (χ3n) is 5.00. The van der Waals surface area contributed by atoms with Crippen molar-refractivity contribution >= 4 is 23.4 Å². The molecule has 3 amide bonds. The van der Waals surface area contributed by atoms with Crippen molar-refractivity contribution in [2.45, 2.75) is 26.2 Å². The van der Waals surface area contributed by atoms with Gasteiger partial charge in [0.05, 0.1) is 12.0 Å². The molecule has 0 saturated carbocycles. The van der Waals surface area contributed by atoms with Crippen LogP contribution in [0.4, 0.5) is 0 Å². The van der Waals surface area contributed by atoms with Crippen molar-refractivity contribution in [1.29, 1.82) is 0 Å². The van der Waals surface area contributed by atoms with Crippen LogP contribution in [-0.2, 0) is 11.2 Å². The Hall–Kier alpha value is -4.34. The largest absolute Gasteiger partial charge is 0.484 e. The van der Waals surface area contributed by atoms with Crippen LogP contribution in [0.15, 0.2) is 62.7 Å². The summed E-state index contributed by atoms with van der Waals surface area (Å²) in [5, 5.41) is 4.22. The highest BCUT2D eigenvalue weighted by Gasteiger charge is 2.28. The highest BCUT2D eigenvalue weighted by Crippen LogP contribution is 2.29. The molecule has 2 heterocycles. The fourth-order valence-corrected chi connectivity index (χ4v) is 3.46. The van der Waals surface area contributed by atoms with E-state index in [4.69, 9.17) is 13.6 Å².